The largest absolute Gasteiger partial charge is 0.493 e. The van der Waals surface area contributed by atoms with E-state index in [0.717, 1.165) is 6.54 Å². The van der Waals surface area contributed by atoms with Gasteiger partial charge in [0, 0.05) is 18.3 Å². The molecule has 0 spiro atoms. The summed E-state index contributed by atoms with van der Waals surface area (Å²) >= 11 is 0. The van der Waals surface area contributed by atoms with Crippen molar-refractivity contribution in [1.82, 2.24) is 9.88 Å². The maximum atomic E-state index is 9.04. The van der Waals surface area contributed by atoms with Crippen LogP contribution in [0.4, 0.5) is 0 Å². The number of hydrogen-bond acceptors (Lipinski definition) is 3. The zero-order valence-electron chi connectivity index (χ0n) is 7.77. The zero-order valence-corrected chi connectivity index (χ0v) is 7.77. The lowest BCUT2D eigenvalue weighted by Crippen LogP contribution is -2.17. The van der Waals surface area contributed by atoms with Crippen LogP contribution in [0.2, 0.25) is 0 Å². The topological polar surface area (TPSA) is 36.4 Å². The summed E-state index contributed by atoms with van der Waals surface area (Å²) in [6, 6.07) is 4.10. The van der Waals surface area contributed by atoms with Crippen molar-refractivity contribution in [2.45, 2.75) is 18.9 Å². The molecule has 70 valence electrons. The van der Waals surface area contributed by atoms with Crippen molar-refractivity contribution in [1.29, 1.82) is 0 Å². The second-order valence-corrected chi connectivity index (χ2v) is 3.59. The lowest BCUT2D eigenvalue weighted by molar-refractivity contribution is 0.316. The van der Waals surface area contributed by atoms with Crippen LogP contribution >= 0.6 is 0 Å². The summed E-state index contributed by atoms with van der Waals surface area (Å²) < 4.78 is 0. The van der Waals surface area contributed by atoms with Gasteiger partial charge in [-0.1, -0.05) is 6.07 Å². The molecular weight excluding hydrogens is 164 g/mol. The van der Waals surface area contributed by atoms with Gasteiger partial charge in [-0.05, 0) is 32.0 Å². The van der Waals surface area contributed by atoms with E-state index in [1.807, 2.05) is 6.07 Å². The number of aromatic hydroxyl groups is 1. The van der Waals surface area contributed by atoms with Gasteiger partial charge >= 0.3 is 0 Å². The molecule has 0 saturated carbocycles. The van der Waals surface area contributed by atoms with E-state index in [9.17, 15) is 0 Å². The SMILES string of the molecule is CN1CCC[C@@H]1c1ccc(O)nc1. The van der Waals surface area contributed by atoms with Crippen molar-refractivity contribution in [3.05, 3.63) is 23.9 Å². The van der Waals surface area contributed by atoms with Crippen LogP contribution in [-0.4, -0.2) is 28.6 Å². The highest BCUT2D eigenvalue weighted by molar-refractivity contribution is 5.20. The maximum Gasteiger partial charge on any atom is 0.210 e. The number of nitrogens with zero attached hydrogens (tertiary/aromatic N) is 2. The molecule has 1 fully saturated rings. The molecule has 0 bridgehead atoms. The normalized spacial score (nSPS) is 23.6. The number of pyridine rings is 1. The lowest BCUT2D eigenvalue weighted by Gasteiger charge is -2.18. The Labute approximate surface area is 78.0 Å². The van der Waals surface area contributed by atoms with Gasteiger partial charge in [-0.15, -0.1) is 0 Å². The van der Waals surface area contributed by atoms with Gasteiger partial charge in [0.05, 0.1) is 0 Å². The Balaban J connectivity index is 2.20. The molecule has 1 atom stereocenters. The fourth-order valence-corrected chi connectivity index (χ4v) is 1.93. The van der Waals surface area contributed by atoms with Crippen LogP contribution in [0.3, 0.4) is 0 Å². The van der Waals surface area contributed by atoms with Crippen LogP contribution < -0.4 is 0 Å². The number of rotatable bonds is 1. The first-order valence-corrected chi connectivity index (χ1v) is 4.62. The first kappa shape index (κ1) is 8.51. The summed E-state index contributed by atoms with van der Waals surface area (Å²) in [7, 11) is 2.13. The Hall–Kier alpha value is -1.09. The first-order valence-electron chi connectivity index (χ1n) is 4.62. The minimum absolute atomic E-state index is 0.101. The van der Waals surface area contributed by atoms with Crippen LogP contribution in [0.1, 0.15) is 24.4 Å². The monoisotopic (exact) mass is 178 g/mol. The minimum Gasteiger partial charge on any atom is -0.493 e. The summed E-state index contributed by atoms with van der Waals surface area (Å²) in [4.78, 5) is 6.21. The number of aromatic nitrogens is 1. The van der Waals surface area contributed by atoms with Crippen LogP contribution in [0.25, 0.3) is 0 Å². The fourth-order valence-electron chi connectivity index (χ4n) is 1.93. The molecule has 1 aromatic rings. The van der Waals surface area contributed by atoms with Gasteiger partial charge in [-0.2, -0.15) is 0 Å². The van der Waals surface area contributed by atoms with Gasteiger partial charge in [0.1, 0.15) is 0 Å². The molecule has 1 aliphatic rings. The van der Waals surface area contributed by atoms with Crippen molar-refractivity contribution < 1.29 is 5.11 Å². The Morgan fingerprint density at radius 1 is 1.54 bits per heavy atom. The molecule has 1 saturated heterocycles. The average Bonchev–Trinajstić information content (AvgIpc) is 2.53. The summed E-state index contributed by atoms with van der Waals surface area (Å²) in [6.45, 7) is 1.16. The minimum atomic E-state index is 0.101. The molecule has 0 aliphatic carbocycles. The van der Waals surface area contributed by atoms with E-state index in [1.54, 1.807) is 12.3 Å². The Bertz CT molecular complexity index is 283. The van der Waals surface area contributed by atoms with Gasteiger partial charge in [-0.25, -0.2) is 4.98 Å². The Morgan fingerprint density at radius 3 is 2.92 bits per heavy atom. The molecule has 0 radical (unpaired) electrons. The summed E-state index contributed by atoms with van der Waals surface area (Å²) in [5, 5.41) is 9.04. The third kappa shape index (κ3) is 1.65. The molecule has 1 N–H and O–H groups in total. The van der Waals surface area contributed by atoms with Gasteiger partial charge in [-0.3, -0.25) is 4.90 Å². The molecule has 2 heterocycles. The van der Waals surface area contributed by atoms with Crippen molar-refractivity contribution in [3.63, 3.8) is 0 Å². The molecular formula is C10H14N2O. The van der Waals surface area contributed by atoms with E-state index < -0.39 is 0 Å². The van der Waals surface area contributed by atoms with Crippen molar-refractivity contribution >= 4 is 0 Å². The van der Waals surface area contributed by atoms with Gasteiger partial charge in [0.25, 0.3) is 0 Å². The van der Waals surface area contributed by atoms with Crippen LogP contribution in [0.5, 0.6) is 5.88 Å². The van der Waals surface area contributed by atoms with E-state index in [-0.39, 0.29) is 5.88 Å². The number of likely N-dealkylation sites (tertiary alicyclic amines) is 1. The second-order valence-electron chi connectivity index (χ2n) is 3.59. The van der Waals surface area contributed by atoms with Gasteiger partial charge in [0.2, 0.25) is 5.88 Å². The first-order chi connectivity index (χ1) is 6.27. The standard InChI is InChI=1S/C10H14N2O/c1-12-6-2-3-9(12)8-4-5-10(13)11-7-8/h4-5,7,9H,2-3,6H2,1H3,(H,11,13)/t9-/m1/s1. The molecule has 1 aromatic heterocycles. The molecule has 2 rings (SSSR count). The van der Waals surface area contributed by atoms with E-state index >= 15 is 0 Å². The van der Waals surface area contributed by atoms with Crippen molar-refractivity contribution in [2.24, 2.45) is 0 Å². The third-order valence-corrected chi connectivity index (χ3v) is 2.68. The Morgan fingerprint density at radius 2 is 2.38 bits per heavy atom. The van der Waals surface area contributed by atoms with Crippen LogP contribution in [-0.2, 0) is 0 Å². The maximum absolute atomic E-state index is 9.04. The quantitative estimate of drug-likeness (QED) is 0.709. The molecule has 3 heteroatoms. The van der Waals surface area contributed by atoms with E-state index in [4.69, 9.17) is 5.11 Å². The van der Waals surface area contributed by atoms with E-state index in [0.29, 0.717) is 6.04 Å². The summed E-state index contributed by atoms with van der Waals surface area (Å²) in [5.74, 6) is 0.101. The fraction of sp³-hybridized carbons (Fsp3) is 0.500. The molecule has 3 nitrogen and oxygen atoms in total. The summed E-state index contributed by atoms with van der Waals surface area (Å²) in [5.41, 5.74) is 1.21. The van der Waals surface area contributed by atoms with Crippen molar-refractivity contribution in [2.75, 3.05) is 13.6 Å². The molecule has 0 unspecified atom stereocenters. The molecule has 0 amide bonds. The number of hydrogen-bond donors (Lipinski definition) is 1. The zero-order chi connectivity index (χ0) is 9.26. The van der Waals surface area contributed by atoms with Crippen LogP contribution in [0, 0.1) is 0 Å². The highest BCUT2D eigenvalue weighted by Crippen LogP contribution is 2.29. The van der Waals surface area contributed by atoms with E-state index in [1.165, 1.54) is 18.4 Å². The van der Waals surface area contributed by atoms with Crippen molar-refractivity contribution in [3.8, 4) is 5.88 Å². The highest BCUT2D eigenvalue weighted by atomic mass is 16.3. The smallest absolute Gasteiger partial charge is 0.210 e. The van der Waals surface area contributed by atoms with Gasteiger partial charge in [0.15, 0.2) is 0 Å². The molecule has 1 aliphatic heterocycles. The average molecular weight is 178 g/mol. The van der Waals surface area contributed by atoms with Gasteiger partial charge < -0.3 is 5.11 Å². The highest BCUT2D eigenvalue weighted by Gasteiger charge is 2.22. The summed E-state index contributed by atoms with van der Waals surface area (Å²) in [6.07, 6.45) is 4.22. The predicted molar refractivity (Wildman–Crippen MR) is 50.5 cm³/mol. The molecule has 0 aromatic carbocycles. The Kier molecular flexibility index (Phi) is 2.19. The van der Waals surface area contributed by atoms with E-state index in [2.05, 4.69) is 16.9 Å². The lowest BCUT2D eigenvalue weighted by atomic mass is 10.1. The third-order valence-electron chi connectivity index (χ3n) is 2.68. The van der Waals surface area contributed by atoms with Crippen LogP contribution in [0.15, 0.2) is 18.3 Å². The second kappa shape index (κ2) is 3.34. The molecule has 13 heavy (non-hydrogen) atoms. The predicted octanol–water partition coefficient (Wildman–Crippen LogP) is 1.55.